The predicted octanol–water partition coefficient (Wildman–Crippen LogP) is 4.37. The first kappa shape index (κ1) is 15.4. The van der Waals surface area contributed by atoms with E-state index in [1.165, 1.54) is 5.56 Å². The van der Waals surface area contributed by atoms with Crippen molar-refractivity contribution in [3.05, 3.63) is 65.3 Å². The van der Waals surface area contributed by atoms with E-state index >= 15 is 0 Å². The zero-order valence-electron chi connectivity index (χ0n) is 14.4. The summed E-state index contributed by atoms with van der Waals surface area (Å²) in [6.45, 7) is 6.44. The van der Waals surface area contributed by atoms with Gasteiger partial charge >= 0.3 is 0 Å². The van der Waals surface area contributed by atoms with E-state index in [0.717, 1.165) is 33.9 Å². The molecule has 25 heavy (non-hydrogen) atoms. The van der Waals surface area contributed by atoms with Crippen LogP contribution in [0.15, 0.2) is 47.0 Å². The Morgan fingerprint density at radius 3 is 2.52 bits per heavy atom. The van der Waals surface area contributed by atoms with E-state index in [9.17, 15) is 5.11 Å². The summed E-state index contributed by atoms with van der Waals surface area (Å²) >= 11 is 0. The molecule has 0 unspecified atom stereocenters. The van der Waals surface area contributed by atoms with Crippen LogP contribution >= 0.6 is 0 Å². The van der Waals surface area contributed by atoms with E-state index in [-0.39, 0.29) is 5.75 Å². The maximum atomic E-state index is 10.5. The first-order valence-corrected chi connectivity index (χ1v) is 8.21. The molecular formula is C20H19N3O2. The quantitative estimate of drug-likeness (QED) is 0.604. The van der Waals surface area contributed by atoms with Crippen molar-refractivity contribution in [2.75, 3.05) is 0 Å². The number of phenolic OH excluding ortho intramolecular Hbond substituents is 1. The van der Waals surface area contributed by atoms with Crippen molar-refractivity contribution in [3.8, 4) is 16.9 Å². The second kappa shape index (κ2) is 5.77. The van der Waals surface area contributed by atoms with Gasteiger partial charge in [0.05, 0.1) is 11.2 Å². The largest absolute Gasteiger partial charge is 0.506 e. The molecule has 4 rings (SSSR count). The highest BCUT2D eigenvalue weighted by atomic mass is 16.5. The molecule has 0 bridgehead atoms. The lowest BCUT2D eigenvalue weighted by Crippen LogP contribution is -2.01. The normalized spacial score (nSPS) is 11.3. The van der Waals surface area contributed by atoms with Crippen LogP contribution in [0.25, 0.3) is 22.2 Å². The summed E-state index contributed by atoms with van der Waals surface area (Å²) in [4.78, 5) is 4.55. The third kappa shape index (κ3) is 2.58. The van der Waals surface area contributed by atoms with E-state index in [1.807, 2.05) is 45.0 Å². The highest BCUT2D eigenvalue weighted by Gasteiger charge is 2.17. The molecule has 5 heteroatoms. The third-order valence-electron chi connectivity index (χ3n) is 4.53. The fourth-order valence-electron chi connectivity index (χ4n) is 3.33. The Morgan fingerprint density at radius 2 is 1.84 bits per heavy atom. The van der Waals surface area contributed by atoms with Crippen LogP contribution in [-0.4, -0.2) is 19.8 Å². The average molecular weight is 333 g/mol. The Kier molecular flexibility index (Phi) is 3.57. The van der Waals surface area contributed by atoms with Gasteiger partial charge in [0.15, 0.2) is 0 Å². The van der Waals surface area contributed by atoms with Gasteiger partial charge in [-0.15, -0.1) is 0 Å². The number of nitrogens with zero attached hydrogens (tertiary/aromatic N) is 3. The molecule has 0 saturated carbocycles. The molecular weight excluding hydrogens is 314 g/mol. The van der Waals surface area contributed by atoms with Crippen LogP contribution in [0.2, 0.25) is 0 Å². The zero-order chi connectivity index (χ0) is 17.6. The van der Waals surface area contributed by atoms with Gasteiger partial charge in [-0.2, -0.15) is 0 Å². The molecule has 0 aliphatic carbocycles. The number of imidazole rings is 1. The van der Waals surface area contributed by atoms with Crippen molar-refractivity contribution in [2.45, 2.75) is 27.3 Å². The van der Waals surface area contributed by atoms with Gasteiger partial charge in [0.2, 0.25) is 0 Å². The number of aryl methyl sites for hydroxylation is 3. The summed E-state index contributed by atoms with van der Waals surface area (Å²) in [5, 5.41) is 14.5. The van der Waals surface area contributed by atoms with Gasteiger partial charge in [0.25, 0.3) is 0 Å². The van der Waals surface area contributed by atoms with Crippen LogP contribution in [0, 0.1) is 20.8 Å². The number of fused-ring (bicyclic) bond motifs is 1. The standard InChI is InChI=1S/C20H19N3O2/c1-12-19(13(2)25-22-12)16-9-17-20(18(24)10-16)21-14(3)23(17)11-15-7-5-4-6-8-15/h4-10,24H,11H2,1-3H3. The third-order valence-corrected chi connectivity index (χ3v) is 4.53. The maximum absolute atomic E-state index is 10.5. The minimum atomic E-state index is 0.169. The predicted molar refractivity (Wildman–Crippen MR) is 96.6 cm³/mol. The summed E-state index contributed by atoms with van der Waals surface area (Å²) in [5.41, 5.74) is 5.31. The molecule has 2 heterocycles. The summed E-state index contributed by atoms with van der Waals surface area (Å²) in [6.07, 6.45) is 0. The number of benzene rings is 2. The summed E-state index contributed by atoms with van der Waals surface area (Å²) < 4.78 is 7.40. The van der Waals surface area contributed by atoms with Crippen molar-refractivity contribution >= 4 is 11.0 Å². The second-order valence-corrected chi connectivity index (χ2v) is 6.29. The number of hydrogen-bond donors (Lipinski definition) is 1. The van der Waals surface area contributed by atoms with E-state index in [4.69, 9.17) is 4.52 Å². The topological polar surface area (TPSA) is 64.1 Å². The van der Waals surface area contributed by atoms with E-state index in [1.54, 1.807) is 6.07 Å². The number of rotatable bonds is 3. The van der Waals surface area contributed by atoms with Gasteiger partial charge in [-0.1, -0.05) is 35.5 Å². The molecule has 0 aliphatic heterocycles. The van der Waals surface area contributed by atoms with Crippen LogP contribution in [0.5, 0.6) is 5.75 Å². The van der Waals surface area contributed by atoms with Gasteiger partial charge in [-0.05, 0) is 44.0 Å². The number of aromatic nitrogens is 3. The molecule has 4 aromatic rings. The van der Waals surface area contributed by atoms with Crippen molar-refractivity contribution in [1.82, 2.24) is 14.7 Å². The van der Waals surface area contributed by atoms with E-state index in [0.29, 0.717) is 12.1 Å². The summed E-state index contributed by atoms with van der Waals surface area (Å²) in [6, 6.07) is 14.0. The highest BCUT2D eigenvalue weighted by molar-refractivity contribution is 5.88. The first-order chi connectivity index (χ1) is 12.0. The van der Waals surface area contributed by atoms with Crippen LogP contribution in [-0.2, 0) is 6.54 Å². The molecule has 126 valence electrons. The molecule has 0 spiro atoms. The van der Waals surface area contributed by atoms with Crippen LogP contribution in [0.3, 0.4) is 0 Å². The molecule has 5 nitrogen and oxygen atoms in total. The smallest absolute Gasteiger partial charge is 0.144 e. The van der Waals surface area contributed by atoms with Crippen molar-refractivity contribution in [2.24, 2.45) is 0 Å². The second-order valence-electron chi connectivity index (χ2n) is 6.29. The Hall–Kier alpha value is -3.08. The Labute approximate surface area is 145 Å². The fourth-order valence-corrected chi connectivity index (χ4v) is 3.33. The molecule has 0 radical (unpaired) electrons. The maximum Gasteiger partial charge on any atom is 0.144 e. The van der Waals surface area contributed by atoms with Gasteiger partial charge in [-0.25, -0.2) is 4.98 Å². The van der Waals surface area contributed by atoms with E-state index in [2.05, 4.69) is 26.8 Å². The van der Waals surface area contributed by atoms with Crippen molar-refractivity contribution in [3.63, 3.8) is 0 Å². The lowest BCUT2D eigenvalue weighted by molar-refractivity contribution is 0.393. The number of hydrogen-bond acceptors (Lipinski definition) is 4. The molecule has 2 aromatic carbocycles. The monoisotopic (exact) mass is 333 g/mol. The van der Waals surface area contributed by atoms with Gasteiger partial charge in [0, 0.05) is 12.1 Å². The minimum absolute atomic E-state index is 0.169. The zero-order valence-corrected chi connectivity index (χ0v) is 14.4. The first-order valence-electron chi connectivity index (χ1n) is 8.21. The Bertz CT molecular complexity index is 1040. The molecule has 2 aromatic heterocycles. The van der Waals surface area contributed by atoms with Crippen molar-refractivity contribution in [1.29, 1.82) is 0 Å². The highest BCUT2D eigenvalue weighted by Crippen LogP contribution is 2.35. The fraction of sp³-hybridized carbons (Fsp3) is 0.200. The Balaban J connectivity index is 1.91. The van der Waals surface area contributed by atoms with Crippen LogP contribution < -0.4 is 0 Å². The minimum Gasteiger partial charge on any atom is -0.506 e. The van der Waals surface area contributed by atoms with Gasteiger partial charge < -0.3 is 14.2 Å². The lowest BCUT2D eigenvalue weighted by Gasteiger charge is -2.09. The molecule has 0 saturated heterocycles. The van der Waals surface area contributed by atoms with E-state index < -0.39 is 0 Å². The summed E-state index contributed by atoms with van der Waals surface area (Å²) in [5.74, 6) is 1.77. The van der Waals surface area contributed by atoms with Gasteiger partial charge in [-0.3, -0.25) is 0 Å². The summed E-state index contributed by atoms with van der Waals surface area (Å²) in [7, 11) is 0. The number of aromatic hydroxyl groups is 1. The Morgan fingerprint density at radius 1 is 1.08 bits per heavy atom. The van der Waals surface area contributed by atoms with Crippen LogP contribution in [0.4, 0.5) is 0 Å². The van der Waals surface area contributed by atoms with Gasteiger partial charge in [0.1, 0.15) is 22.9 Å². The molecule has 0 aliphatic rings. The number of phenols is 1. The van der Waals surface area contributed by atoms with Crippen molar-refractivity contribution < 1.29 is 9.63 Å². The van der Waals surface area contributed by atoms with Crippen LogP contribution in [0.1, 0.15) is 22.8 Å². The molecule has 0 atom stereocenters. The molecule has 0 fully saturated rings. The molecule has 0 amide bonds. The SMILES string of the molecule is Cc1noc(C)c1-c1cc(O)c2nc(C)n(Cc3ccccc3)c2c1. The average Bonchev–Trinajstić information content (AvgIpc) is 3.09. The lowest BCUT2D eigenvalue weighted by atomic mass is 10.0. The molecule has 1 N–H and O–H groups in total.